The Kier molecular flexibility index (Phi) is 9.95. The van der Waals surface area contributed by atoms with Gasteiger partial charge in [-0.3, -0.25) is 0 Å². The predicted molar refractivity (Wildman–Crippen MR) is 150 cm³/mol. The second-order valence-corrected chi connectivity index (χ2v) is 8.60. The van der Waals surface area contributed by atoms with E-state index in [9.17, 15) is 9.59 Å². The summed E-state index contributed by atoms with van der Waals surface area (Å²) in [5, 5.41) is 4.20. The molecule has 0 saturated carbocycles. The number of fused-ring (bicyclic) bond motifs is 1. The Bertz CT molecular complexity index is 1390. The van der Waals surface area contributed by atoms with E-state index in [1.54, 1.807) is 6.07 Å². The highest BCUT2D eigenvalue weighted by Crippen LogP contribution is 2.42. The van der Waals surface area contributed by atoms with E-state index >= 15 is 0 Å². The Morgan fingerprint density at radius 1 is 0.718 bits per heavy atom. The second kappa shape index (κ2) is 14.2. The SMILES string of the molecule is C=CC(=O)OCCNC(=O)Oc1cc(OCCc2ccccc2)c2ccccc2c1OCCc1ccccc1. The van der Waals surface area contributed by atoms with Gasteiger partial charge >= 0.3 is 12.1 Å². The molecule has 4 rings (SSSR count). The van der Waals surface area contributed by atoms with E-state index in [1.165, 1.54) is 0 Å². The van der Waals surface area contributed by atoms with Gasteiger partial charge in [0.05, 0.1) is 19.8 Å². The molecule has 7 nitrogen and oxygen atoms in total. The largest absolute Gasteiger partial charge is 0.492 e. The number of benzene rings is 4. The molecule has 0 fully saturated rings. The van der Waals surface area contributed by atoms with Gasteiger partial charge in [0, 0.05) is 35.8 Å². The third-order valence-electron chi connectivity index (χ3n) is 5.88. The Labute approximate surface area is 228 Å². The minimum absolute atomic E-state index is 0.00798. The molecule has 0 saturated heterocycles. The van der Waals surface area contributed by atoms with Crippen LogP contribution >= 0.6 is 0 Å². The lowest BCUT2D eigenvalue weighted by atomic mass is 10.1. The average molecular weight is 526 g/mol. The fourth-order valence-corrected chi connectivity index (χ4v) is 3.97. The van der Waals surface area contributed by atoms with Crippen LogP contribution in [-0.2, 0) is 22.4 Å². The molecule has 0 bridgehead atoms. The Balaban J connectivity index is 1.54. The monoisotopic (exact) mass is 525 g/mol. The fourth-order valence-electron chi connectivity index (χ4n) is 3.97. The molecular weight excluding hydrogens is 494 g/mol. The highest BCUT2D eigenvalue weighted by Gasteiger charge is 2.18. The lowest BCUT2D eigenvalue weighted by molar-refractivity contribution is -0.137. The van der Waals surface area contributed by atoms with Crippen LogP contribution < -0.4 is 19.5 Å². The van der Waals surface area contributed by atoms with Gasteiger partial charge in [-0.2, -0.15) is 0 Å². The number of carbonyl (C=O) groups is 2. The number of nitrogens with one attached hydrogen (secondary N) is 1. The Hall–Kier alpha value is -4.78. The molecule has 7 heteroatoms. The Morgan fingerprint density at radius 2 is 1.31 bits per heavy atom. The maximum atomic E-state index is 12.6. The van der Waals surface area contributed by atoms with Crippen molar-refractivity contribution in [3.8, 4) is 17.2 Å². The first-order valence-electron chi connectivity index (χ1n) is 12.8. The number of carbonyl (C=O) groups excluding carboxylic acids is 2. The molecule has 200 valence electrons. The van der Waals surface area contributed by atoms with Crippen LogP contribution in [0.3, 0.4) is 0 Å². The third-order valence-corrected chi connectivity index (χ3v) is 5.88. The molecule has 0 atom stereocenters. The summed E-state index contributed by atoms with van der Waals surface area (Å²) in [6.45, 7) is 4.25. The van der Waals surface area contributed by atoms with Crippen molar-refractivity contribution in [1.82, 2.24) is 5.32 Å². The van der Waals surface area contributed by atoms with Crippen molar-refractivity contribution in [2.75, 3.05) is 26.4 Å². The summed E-state index contributed by atoms with van der Waals surface area (Å²) in [6.07, 6.45) is 1.77. The number of rotatable bonds is 13. The van der Waals surface area contributed by atoms with E-state index in [4.69, 9.17) is 18.9 Å². The molecule has 4 aromatic rings. The van der Waals surface area contributed by atoms with Gasteiger partial charge < -0.3 is 24.3 Å². The highest BCUT2D eigenvalue weighted by atomic mass is 16.6. The van der Waals surface area contributed by atoms with E-state index in [2.05, 4.69) is 24.0 Å². The molecule has 39 heavy (non-hydrogen) atoms. The van der Waals surface area contributed by atoms with E-state index < -0.39 is 12.1 Å². The molecule has 0 unspecified atom stereocenters. The van der Waals surface area contributed by atoms with Crippen LogP contribution in [0.4, 0.5) is 4.79 Å². The molecule has 0 aromatic heterocycles. The normalized spacial score (nSPS) is 10.5. The van der Waals surface area contributed by atoms with Crippen molar-refractivity contribution in [3.05, 3.63) is 115 Å². The van der Waals surface area contributed by atoms with Crippen molar-refractivity contribution in [2.45, 2.75) is 12.8 Å². The van der Waals surface area contributed by atoms with Gasteiger partial charge in [-0.25, -0.2) is 9.59 Å². The maximum absolute atomic E-state index is 12.6. The maximum Gasteiger partial charge on any atom is 0.412 e. The minimum atomic E-state index is -0.705. The van der Waals surface area contributed by atoms with Crippen LogP contribution in [0.1, 0.15) is 11.1 Å². The highest BCUT2D eigenvalue weighted by molar-refractivity contribution is 5.96. The summed E-state index contributed by atoms with van der Waals surface area (Å²) < 4.78 is 23.0. The van der Waals surface area contributed by atoms with Crippen LogP contribution in [0.5, 0.6) is 17.2 Å². The van der Waals surface area contributed by atoms with Crippen LogP contribution in [0.15, 0.2) is 104 Å². The molecule has 0 radical (unpaired) electrons. The molecule has 0 aliphatic rings. The summed E-state index contributed by atoms with van der Waals surface area (Å²) >= 11 is 0. The molecule has 1 amide bonds. The van der Waals surface area contributed by atoms with Crippen LogP contribution in [0.25, 0.3) is 10.8 Å². The smallest absolute Gasteiger partial charge is 0.412 e. The molecule has 1 N–H and O–H groups in total. The van der Waals surface area contributed by atoms with Gasteiger partial charge in [0.2, 0.25) is 0 Å². The van der Waals surface area contributed by atoms with E-state index in [0.29, 0.717) is 31.1 Å². The van der Waals surface area contributed by atoms with Gasteiger partial charge in [-0.1, -0.05) is 91.5 Å². The van der Waals surface area contributed by atoms with Gasteiger partial charge in [-0.05, 0) is 11.1 Å². The van der Waals surface area contributed by atoms with Crippen molar-refractivity contribution >= 4 is 22.8 Å². The number of ether oxygens (including phenoxy) is 4. The number of hydrogen-bond acceptors (Lipinski definition) is 6. The van der Waals surface area contributed by atoms with E-state index in [0.717, 1.165) is 34.4 Å². The van der Waals surface area contributed by atoms with Crippen LogP contribution in [-0.4, -0.2) is 38.4 Å². The lowest BCUT2D eigenvalue weighted by Crippen LogP contribution is -2.30. The van der Waals surface area contributed by atoms with E-state index in [-0.39, 0.29) is 18.9 Å². The van der Waals surface area contributed by atoms with Crippen LogP contribution in [0.2, 0.25) is 0 Å². The van der Waals surface area contributed by atoms with Gasteiger partial charge in [0.25, 0.3) is 0 Å². The van der Waals surface area contributed by atoms with Crippen molar-refractivity contribution in [1.29, 1.82) is 0 Å². The quantitative estimate of drug-likeness (QED) is 0.133. The zero-order chi connectivity index (χ0) is 27.3. The third kappa shape index (κ3) is 8.10. The lowest BCUT2D eigenvalue weighted by Gasteiger charge is -2.18. The number of hydrogen-bond donors (Lipinski definition) is 1. The van der Waals surface area contributed by atoms with Gasteiger partial charge in [-0.15, -0.1) is 0 Å². The first kappa shape index (κ1) is 27.3. The Morgan fingerprint density at radius 3 is 1.95 bits per heavy atom. The average Bonchev–Trinajstić information content (AvgIpc) is 2.97. The second-order valence-electron chi connectivity index (χ2n) is 8.60. The number of esters is 1. The first-order valence-corrected chi connectivity index (χ1v) is 12.8. The minimum Gasteiger partial charge on any atom is -0.492 e. The predicted octanol–water partition coefficient (Wildman–Crippen LogP) is 5.90. The molecule has 0 spiro atoms. The van der Waals surface area contributed by atoms with Crippen molar-refractivity contribution in [3.63, 3.8) is 0 Å². The summed E-state index contributed by atoms with van der Waals surface area (Å²) in [5.74, 6) is 0.702. The molecule has 4 aromatic carbocycles. The molecular formula is C32H31NO6. The molecule has 0 heterocycles. The summed E-state index contributed by atoms with van der Waals surface area (Å²) in [6, 6.07) is 29.5. The first-order chi connectivity index (χ1) is 19.1. The van der Waals surface area contributed by atoms with Gasteiger partial charge in [0.15, 0.2) is 11.5 Å². The van der Waals surface area contributed by atoms with Crippen molar-refractivity contribution < 1.29 is 28.5 Å². The van der Waals surface area contributed by atoms with E-state index in [1.807, 2.05) is 72.8 Å². The molecule has 0 aliphatic carbocycles. The zero-order valence-corrected chi connectivity index (χ0v) is 21.6. The molecule has 0 aliphatic heterocycles. The standard InChI is InChI=1S/C32H31NO6/c1-2-30(34)37-22-19-33-32(35)39-29-23-28(36-20-17-24-11-5-3-6-12-24)26-15-9-10-16-27(26)31(29)38-21-18-25-13-7-4-8-14-25/h2-16,23H,1,17-22H2,(H,33,35). The summed E-state index contributed by atoms with van der Waals surface area (Å²) in [5.41, 5.74) is 2.30. The number of amides is 1. The fraction of sp³-hybridized carbons (Fsp3) is 0.188. The summed E-state index contributed by atoms with van der Waals surface area (Å²) in [4.78, 5) is 23.8. The zero-order valence-electron chi connectivity index (χ0n) is 21.6. The van der Waals surface area contributed by atoms with Crippen molar-refractivity contribution in [2.24, 2.45) is 0 Å². The topological polar surface area (TPSA) is 83.1 Å². The summed E-state index contributed by atoms with van der Waals surface area (Å²) in [7, 11) is 0. The van der Waals surface area contributed by atoms with Gasteiger partial charge in [0.1, 0.15) is 12.4 Å². The van der Waals surface area contributed by atoms with Crippen LogP contribution in [0, 0.1) is 0 Å².